The SMILES string of the molecule is NC(=O)CNCc1c[nH]c2ccc(Cl)cc12. The van der Waals surface area contributed by atoms with E-state index in [0.717, 1.165) is 16.5 Å². The van der Waals surface area contributed by atoms with Crippen molar-refractivity contribution in [2.75, 3.05) is 6.54 Å². The lowest BCUT2D eigenvalue weighted by molar-refractivity contribution is -0.117. The van der Waals surface area contributed by atoms with Gasteiger partial charge < -0.3 is 16.0 Å². The Labute approximate surface area is 97.8 Å². The minimum atomic E-state index is -0.363. The van der Waals surface area contributed by atoms with Gasteiger partial charge in [0.25, 0.3) is 0 Å². The molecule has 2 rings (SSSR count). The second-order valence-corrected chi connectivity index (χ2v) is 4.01. The molecule has 1 aromatic carbocycles. The second kappa shape index (κ2) is 4.55. The first-order chi connectivity index (χ1) is 7.66. The number of fused-ring (bicyclic) bond motifs is 1. The van der Waals surface area contributed by atoms with Gasteiger partial charge in [0.05, 0.1) is 6.54 Å². The molecule has 0 saturated carbocycles. The summed E-state index contributed by atoms with van der Waals surface area (Å²) in [6.45, 7) is 0.760. The molecule has 0 radical (unpaired) electrons. The molecule has 0 saturated heterocycles. The van der Waals surface area contributed by atoms with Gasteiger partial charge in [0, 0.05) is 28.7 Å². The van der Waals surface area contributed by atoms with Gasteiger partial charge in [-0.25, -0.2) is 0 Å². The summed E-state index contributed by atoms with van der Waals surface area (Å²) in [4.78, 5) is 13.7. The summed E-state index contributed by atoms with van der Waals surface area (Å²) in [7, 11) is 0. The number of carbonyl (C=O) groups is 1. The van der Waals surface area contributed by atoms with E-state index in [1.54, 1.807) is 0 Å². The standard InChI is InChI=1S/C11H12ClN3O/c12-8-1-2-10-9(3-8)7(5-15-10)4-14-6-11(13)16/h1-3,5,14-15H,4,6H2,(H2,13,16). The summed E-state index contributed by atoms with van der Waals surface area (Å²) in [6, 6.07) is 5.66. The van der Waals surface area contributed by atoms with Crippen LogP contribution in [0.25, 0.3) is 10.9 Å². The van der Waals surface area contributed by atoms with E-state index < -0.39 is 0 Å². The quantitative estimate of drug-likeness (QED) is 0.752. The molecule has 0 aliphatic rings. The molecule has 84 valence electrons. The number of nitrogens with one attached hydrogen (secondary N) is 2. The highest BCUT2D eigenvalue weighted by molar-refractivity contribution is 6.31. The molecule has 5 heteroatoms. The molecule has 0 fully saturated rings. The zero-order valence-electron chi connectivity index (χ0n) is 8.59. The molecular weight excluding hydrogens is 226 g/mol. The molecule has 16 heavy (non-hydrogen) atoms. The Morgan fingerprint density at radius 2 is 2.31 bits per heavy atom. The number of nitrogens with two attached hydrogens (primary N) is 1. The fraction of sp³-hybridized carbons (Fsp3) is 0.182. The van der Waals surface area contributed by atoms with Crippen LogP contribution in [0, 0.1) is 0 Å². The highest BCUT2D eigenvalue weighted by Gasteiger charge is 2.04. The molecule has 0 atom stereocenters. The summed E-state index contributed by atoms with van der Waals surface area (Å²) in [5.41, 5.74) is 7.13. The van der Waals surface area contributed by atoms with Crippen LogP contribution < -0.4 is 11.1 Å². The summed E-state index contributed by atoms with van der Waals surface area (Å²) >= 11 is 5.92. The molecule has 0 bridgehead atoms. The summed E-state index contributed by atoms with van der Waals surface area (Å²) in [5, 5.41) is 4.72. The molecule has 0 spiro atoms. The minimum Gasteiger partial charge on any atom is -0.369 e. The van der Waals surface area contributed by atoms with Crippen LogP contribution in [0.3, 0.4) is 0 Å². The van der Waals surface area contributed by atoms with Crippen LogP contribution in [0.1, 0.15) is 5.56 Å². The molecule has 2 aromatic rings. The van der Waals surface area contributed by atoms with Crippen LogP contribution in [-0.2, 0) is 11.3 Å². The number of aromatic amines is 1. The van der Waals surface area contributed by atoms with Crippen molar-refractivity contribution in [2.45, 2.75) is 6.54 Å². The van der Waals surface area contributed by atoms with Crippen LogP contribution in [0.4, 0.5) is 0 Å². The fourth-order valence-corrected chi connectivity index (χ4v) is 1.79. The average Bonchev–Trinajstić information content (AvgIpc) is 2.60. The zero-order chi connectivity index (χ0) is 11.5. The number of halogens is 1. The lowest BCUT2D eigenvalue weighted by Crippen LogP contribution is -2.27. The molecule has 0 aliphatic heterocycles. The number of H-pyrrole nitrogens is 1. The van der Waals surface area contributed by atoms with E-state index in [4.69, 9.17) is 17.3 Å². The summed E-state index contributed by atoms with van der Waals surface area (Å²) in [6.07, 6.45) is 1.90. The highest BCUT2D eigenvalue weighted by atomic mass is 35.5. The summed E-state index contributed by atoms with van der Waals surface area (Å²) < 4.78 is 0. The van der Waals surface area contributed by atoms with Crippen LogP contribution >= 0.6 is 11.6 Å². The monoisotopic (exact) mass is 237 g/mol. The van der Waals surface area contributed by atoms with Crippen molar-refractivity contribution >= 4 is 28.4 Å². The smallest absolute Gasteiger partial charge is 0.231 e. The van der Waals surface area contributed by atoms with Crippen molar-refractivity contribution in [1.29, 1.82) is 0 Å². The van der Waals surface area contributed by atoms with Crippen molar-refractivity contribution in [2.24, 2.45) is 5.73 Å². The average molecular weight is 238 g/mol. The van der Waals surface area contributed by atoms with Gasteiger partial charge in [-0.05, 0) is 23.8 Å². The second-order valence-electron chi connectivity index (χ2n) is 3.57. The van der Waals surface area contributed by atoms with Crippen molar-refractivity contribution < 1.29 is 4.79 Å². The third-order valence-electron chi connectivity index (χ3n) is 2.34. The lowest BCUT2D eigenvalue weighted by atomic mass is 10.2. The highest BCUT2D eigenvalue weighted by Crippen LogP contribution is 2.22. The van der Waals surface area contributed by atoms with E-state index in [-0.39, 0.29) is 12.5 Å². The van der Waals surface area contributed by atoms with Crippen LogP contribution in [0.2, 0.25) is 5.02 Å². The first-order valence-electron chi connectivity index (χ1n) is 4.91. The molecule has 0 aliphatic carbocycles. The van der Waals surface area contributed by atoms with Gasteiger partial charge in [0.15, 0.2) is 0 Å². The number of hydrogen-bond acceptors (Lipinski definition) is 2. The maximum Gasteiger partial charge on any atom is 0.231 e. The van der Waals surface area contributed by atoms with Crippen LogP contribution in [0.15, 0.2) is 24.4 Å². The number of carbonyl (C=O) groups excluding carboxylic acids is 1. The van der Waals surface area contributed by atoms with Crippen molar-refractivity contribution in [3.63, 3.8) is 0 Å². The largest absolute Gasteiger partial charge is 0.369 e. The molecule has 1 heterocycles. The predicted molar refractivity (Wildman–Crippen MR) is 64.2 cm³/mol. The van der Waals surface area contributed by atoms with Gasteiger partial charge in [-0.1, -0.05) is 11.6 Å². The molecular formula is C11H12ClN3O. The Morgan fingerprint density at radius 3 is 3.06 bits per heavy atom. The Morgan fingerprint density at radius 1 is 1.50 bits per heavy atom. The third kappa shape index (κ3) is 2.35. The summed E-state index contributed by atoms with van der Waals surface area (Å²) in [5.74, 6) is -0.363. The van der Waals surface area contributed by atoms with E-state index in [1.807, 2.05) is 24.4 Å². The molecule has 1 amide bonds. The number of rotatable bonds is 4. The molecule has 0 unspecified atom stereocenters. The lowest BCUT2D eigenvalue weighted by Gasteiger charge is -2.01. The van der Waals surface area contributed by atoms with E-state index in [0.29, 0.717) is 11.6 Å². The molecule has 4 nitrogen and oxygen atoms in total. The number of aromatic nitrogens is 1. The number of primary amides is 1. The Bertz CT molecular complexity index is 521. The maximum atomic E-state index is 10.6. The number of hydrogen-bond donors (Lipinski definition) is 3. The van der Waals surface area contributed by atoms with E-state index >= 15 is 0 Å². The predicted octanol–water partition coefficient (Wildman–Crippen LogP) is 1.40. The molecule has 4 N–H and O–H groups in total. The minimum absolute atomic E-state index is 0.174. The third-order valence-corrected chi connectivity index (χ3v) is 2.58. The van der Waals surface area contributed by atoms with Crippen molar-refractivity contribution in [3.8, 4) is 0 Å². The normalized spacial score (nSPS) is 10.8. The number of amides is 1. The van der Waals surface area contributed by atoms with Gasteiger partial charge in [-0.2, -0.15) is 0 Å². The Kier molecular flexibility index (Phi) is 3.12. The van der Waals surface area contributed by atoms with Gasteiger partial charge in [0.2, 0.25) is 5.91 Å². The number of benzene rings is 1. The fourth-order valence-electron chi connectivity index (χ4n) is 1.62. The van der Waals surface area contributed by atoms with E-state index in [2.05, 4.69) is 10.3 Å². The zero-order valence-corrected chi connectivity index (χ0v) is 9.34. The van der Waals surface area contributed by atoms with Gasteiger partial charge in [-0.15, -0.1) is 0 Å². The van der Waals surface area contributed by atoms with Gasteiger partial charge in [-0.3, -0.25) is 4.79 Å². The first kappa shape index (κ1) is 11.0. The van der Waals surface area contributed by atoms with Crippen molar-refractivity contribution in [3.05, 3.63) is 35.0 Å². The first-order valence-corrected chi connectivity index (χ1v) is 5.29. The van der Waals surface area contributed by atoms with Crippen molar-refractivity contribution in [1.82, 2.24) is 10.3 Å². The van der Waals surface area contributed by atoms with E-state index in [1.165, 1.54) is 0 Å². The Balaban J connectivity index is 2.17. The van der Waals surface area contributed by atoms with Gasteiger partial charge in [0.1, 0.15) is 0 Å². The topological polar surface area (TPSA) is 70.9 Å². The Hall–Kier alpha value is -1.52. The van der Waals surface area contributed by atoms with E-state index in [9.17, 15) is 4.79 Å². The maximum absolute atomic E-state index is 10.6. The molecule has 1 aromatic heterocycles. The van der Waals surface area contributed by atoms with Crippen LogP contribution in [0.5, 0.6) is 0 Å². The van der Waals surface area contributed by atoms with Crippen LogP contribution in [-0.4, -0.2) is 17.4 Å². The van der Waals surface area contributed by atoms with Gasteiger partial charge >= 0.3 is 0 Å².